The zero-order chi connectivity index (χ0) is 52.2. The topological polar surface area (TPSA) is 248 Å². The van der Waals surface area contributed by atoms with E-state index in [1.807, 2.05) is 24.0 Å². The fourth-order valence-electron chi connectivity index (χ4n) is 8.38. The number of nitrogens with one attached hydrogen (secondary N) is 7. The van der Waals surface area contributed by atoms with Crippen LogP contribution in [-0.4, -0.2) is 123 Å². The van der Waals surface area contributed by atoms with Crippen LogP contribution in [0.2, 0.25) is 0 Å². The molecule has 23 heteroatoms. The summed E-state index contributed by atoms with van der Waals surface area (Å²) < 4.78 is 88.9. The van der Waals surface area contributed by atoms with Crippen LogP contribution < -0.4 is 36.0 Å². The quantitative estimate of drug-likeness (QED) is 0.0495. The summed E-state index contributed by atoms with van der Waals surface area (Å²) in [6, 6.07) is 27.4. The zero-order valence-electron chi connectivity index (χ0n) is 42.1. The second-order valence-corrected chi connectivity index (χ2v) is 25.0. The number of aromatic nitrogens is 4. The van der Waals surface area contributed by atoms with Crippen molar-refractivity contribution < 1.29 is 25.3 Å². The maximum absolute atomic E-state index is 14.1. The Balaban J connectivity index is 0.863. The molecule has 2 saturated heterocycles. The van der Waals surface area contributed by atoms with Gasteiger partial charge in [-0.15, -0.1) is 0 Å². The van der Waals surface area contributed by atoms with Gasteiger partial charge in [-0.1, -0.05) is 30.3 Å². The number of nitrogens with zero attached hydrogens (tertiary/aromatic N) is 7. The molecule has 8 rings (SSSR count). The van der Waals surface area contributed by atoms with Crippen molar-refractivity contribution in [2.45, 2.75) is 80.9 Å². The van der Waals surface area contributed by atoms with Crippen LogP contribution in [0.15, 0.2) is 124 Å². The van der Waals surface area contributed by atoms with E-state index in [1.165, 1.54) is 40.2 Å². The van der Waals surface area contributed by atoms with E-state index in [1.54, 1.807) is 96.4 Å². The molecule has 2 fully saturated rings. The van der Waals surface area contributed by atoms with Crippen molar-refractivity contribution in [2.24, 2.45) is 0 Å². The molecule has 7 N–H and O–H groups in total. The Morgan fingerprint density at radius 2 is 1.01 bits per heavy atom. The molecule has 388 valence electrons. The van der Waals surface area contributed by atoms with E-state index in [0.717, 1.165) is 44.0 Å². The Kier molecular flexibility index (Phi) is 15.8. The summed E-state index contributed by atoms with van der Waals surface area (Å²) in [4.78, 5) is 22.7. The third-order valence-corrected chi connectivity index (χ3v) is 17.5. The molecule has 20 nitrogen and oxygen atoms in total. The highest BCUT2D eigenvalue weighted by Gasteiger charge is 2.37. The van der Waals surface area contributed by atoms with Gasteiger partial charge >= 0.3 is 0 Å². The smallest absolute Gasteiger partial charge is 0.243 e. The second kappa shape index (κ2) is 21.7. The third-order valence-electron chi connectivity index (χ3n) is 12.2. The minimum absolute atomic E-state index is 0.0435. The lowest BCUT2D eigenvalue weighted by atomic mass is 10.1. The fourth-order valence-corrected chi connectivity index (χ4v) is 12.8. The van der Waals surface area contributed by atoms with Crippen LogP contribution in [0.3, 0.4) is 0 Å². The summed E-state index contributed by atoms with van der Waals surface area (Å²) in [5.74, 6) is 1.51. The lowest BCUT2D eigenvalue weighted by Gasteiger charge is -2.43. The second-order valence-electron chi connectivity index (χ2n) is 19.7. The van der Waals surface area contributed by atoms with E-state index in [-0.39, 0.29) is 46.8 Å². The molecule has 2 aliphatic heterocycles. The van der Waals surface area contributed by atoms with Gasteiger partial charge in [-0.05, 0) is 121 Å². The summed E-state index contributed by atoms with van der Waals surface area (Å²) in [6.45, 7) is 18.2. The molecule has 0 spiro atoms. The van der Waals surface area contributed by atoms with Gasteiger partial charge in [0, 0.05) is 111 Å². The van der Waals surface area contributed by atoms with Crippen molar-refractivity contribution in [1.29, 1.82) is 0 Å². The van der Waals surface area contributed by atoms with E-state index >= 15 is 0 Å². The lowest BCUT2D eigenvalue weighted by Crippen LogP contribution is -2.62. The largest absolute Gasteiger partial charge is 0.340 e. The molecule has 2 aliphatic rings. The van der Waals surface area contributed by atoms with Crippen molar-refractivity contribution in [3.63, 3.8) is 0 Å². The van der Waals surface area contributed by atoms with E-state index in [2.05, 4.69) is 68.0 Å². The number of piperazine rings is 2. The first-order valence-electron chi connectivity index (χ1n) is 23.9. The fraction of sp³-hybridized carbons (Fsp3) is 0.360. The van der Waals surface area contributed by atoms with Gasteiger partial charge in [-0.3, -0.25) is 9.80 Å². The van der Waals surface area contributed by atoms with Gasteiger partial charge in [-0.2, -0.15) is 19.0 Å². The van der Waals surface area contributed by atoms with Crippen LogP contribution in [0.25, 0.3) is 0 Å². The van der Waals surface area contributed by atoms with Gasteiger partial charge in [0.05, 0.1) is 20.3 Å². The summed E-state index contributed by atoms with van der Waals surface area (Å²) >= 11 is 0. The van der Waals surface area contributed by atoms with Crippen LogP contribution >= 0.6 is 0 Å². The van der Waals surface area contributed by atoms with Crippen LogP contribution in [0, 0.1) is 13.8 Å². The van der Waals surface area contributed by atoms with E-state index in [0.29, 0.717) is 40.2 Å². The van der Waals surface area contributed by atoms with Gasteiger partial charge in [0.1, 0.15) is 11.6 Å². The number of hydrogen-bond acceptors (Lipinski definition) is 17. The highest BCUT2D eigenvalue weighted by molar-refractivity contribution is 7.90. The summed E-state index contributed by atoms with van der Waals surface area (Å²) in [7, 11) is -11.8. The molecule has 0 bridgehead atoms. The van der Waals surface area contributed by atoms with Crippen molar-refractivity contribution in [1.82, 2.24) is 48.8 Å². The van der Waals surface area contributed by atoms with E-state index in [4.69, 9.17) is 4.98 Å². The Labute approximate surface area is 429 Å². The van der Waals surface area contributed by atoms with Crippen molar-refractivity contribution in [3.05, 3.63) is 126 Å². The summed E-state index contributed by atoms with van der Waals surface area (Å²) in [5, 5.41) is 16.2. The van der Waals surface area contributed by atoms with Gasteiger partial charge < -0.3 is 26.6 Å². The van der Waals surface area contributed by atoms with Crippen molar-refractivity contribution >= 4 is 76.4 Å². The van der Waals surface area contributed by atoms with E-state index < -0.39 is 41.3 Å². The average Bonchev–Trinajstić information content (AvgIpc) is 3.34. The van der Waals surface area contributed by atoms with Crippen molar-refractivity contribution in [3.8, 4) is 0 Å². The third kappa shape index (κ3) is 13.7. The molecule has 73 heavy (non-hydrogen) atoms. The SMILES string of the molecule is Cc1cnc(Nc2cccc(S(=O)(=O)N3CCN(C(C)(C)NS(=O)(=O)c4cccc(Nc5nc(Nc6ccc(CN7CCNCC7)cc6)ncc5C)c4)CC3)c2)nc1Nc1cccc(S(=O)(=O)NC(C)(C)C)c1. The maximum Gasteiger partial charge on any atom is 0.243 e. The number of aryl methyl sites for hydroxylation is 2. The number of benzene rings is 4. The minimum Gasteiger partial charge on any atom is -0.340 e. The molecular formula is C50H64N14O6S3. The average molecular weight is 1050 g/mol. The number of rotatable bonds is 18. The van der Waals surface area contributed by atoms with Crippen molar-refractivity contribution in [2.75, 3.05) is 73.6 Å². The van der Waals surface area contributed by atoms with Crippen LogP contribution in [0.5, 0.6) is 0 Å². The predicted molar refractivity (Wildman–Crippen MR) is 285 cm³/mol. The van der Waals surface area contributed by atoms with Crippen LogP contribution in [0.1, 0.15) is 51.3 Å². The molecule has 0 unspecified atom stereocenters. The Morgan fingerprint density at radius 3 is 1.53 bits per heavy atom. The Bertz CT molecular complexity index is 3270. The standard InChI is InChI=1S/C50H64N14O6S3/c1-35-32-52-47(56-38-19-17-37(18-20-38)34-62-23-21-51-22-24-62)58-45(35)55-40-12-9-15-43(30-40)72(67,68)61-50(6,7)63-25-27-64(28-26-63)73(69,70)44-16-10-13-41(31-44)57-48-53-33-36(2)46(59-48)54-39-11-8-14-42(29-39)71(65,66)60-49(3,4)5/h8-20,29-33,51,60-61H,21-28,34H2,1-7H3,(H2,52,55,56,58)(H2,53,54,57,59). The molecule has 2 aromatic heterocycles. The molecule has 0 aliphatic carbocycles. The molecular weight excluding hydrogens is 989 g/mol. The van der Waals surface area contributed by atoms with Gasteiger partial charge in [-0.25, -0.2) is 39.9 Å². The molecule has 0 saturated carbocycles. The Morgan fingerprint density at radius 1 is 0.548 bits per heavy atom. The first-order chi connectivity index (χ1) is 34.5. The van der Waals surface area contributed by atoms with Gasteiger partial charge in [0.25, 0.3) is 0 Å². The highest BCUT2D eigenvalue weighted by Crippen LogP contribution is 2.29. The maximum atomic E-state index is 14.1. The van der Waals surface area contributed by atoms with Gasteiger partial charge in [0.2, 0.25) is 42.0 Å². The minimum atomic E-state index is -4.06. The number of hydrogen-bond donors (Lipinski definition) is 7. The van der Waals surface area contributed by atoms with Gasteiger partial charge in [0.15, 0.2) is 0 Å². The normalized spacial score (nSPS) is 15.7. The van der Waals surface area contributed by atoms with Crippen LogP contribution in [0.4, 0.5) is 46.3 Å². The summed E-state index contributed by atoms with van der Waals surface area (Å²) in [5.41, 5.74) is 3.21. The molecule has 4 heterocycles. The molecule has 0 radical (unpaired) electrons. The lowest BCUT2D eigenvalue weighted by molar-refractivity contribution is 0.0712. The zero-order valence-corrected chi connectivity index (χ0v) is 44.5. The monoisotopic (exact) mass is 1050 g/mol. The molecule has 0 amide bonds. The molecule has 4 aromatic carbocycles. The predicted octanol–water partition coefficient (Wildman–Crippen LogP) is 6.36. The molecule has 6 aromatic rings. The summed E-state index contributed by atoms with van der Waals surface area (Å²) in [6.07, 6.45) is 3.30. The molecule has 0 atom stereocenters. The first-order valence-corrected chi connectivity index (χ1v) is 28.3. The highest BCUT2D eigenvalue weighted by atomic mass is 32.2. The number of sulfonamides is 3. The first kappa shape index (κ1) is 53.2. The van der Waals surface area contributed by atoms with E-state index in [9.17, 15) is 25.3 Å². The Hall–Kier alpha value is -6.15. The number of anilines is 8. The van der Waals surface area contributed by atoms with Crippen LogP contribution in [-0.2, 0) is 36.6 Å².